The van der Waals surface area contributed by atoms with E-state index in [-0.39, 0.29) is 18.7 Å². The summed E-state index contributed by atoms with van der Waals surface area (Å²) in [6.45, 7) is 2.43. The minimum Gasteiger partial charge on any atom is -0.396 e. The Hall–Kier alpha value is -1.69. The van der Waals surface area contributed by atoms with Crippen LogP contribution in [0.1, 0.15) is 44.2 Å². The average Bonchev–Trinajstić information content (AvgIpc) is 2.50. The summed E-state index contributed by atoms with van der Waals surface area (Å²) in [5.74, 6) is -1.82. The monoisotopic (exact) mass is 312 g/mol. The van der Waals surface area contributed by atoms with Gasteiger partial charge < -0.3 is 15.3 Å². The summed E-state index contributed by atoms with van der Waals surface area (Å²) in [6, 6.07) is 3.01. The Morgan fingerprint density at radius 2 is 2.18 bits per heavy atom. The third kappa shape index (κ3) is 3.94. The number of nitrogens with one attached hydrogen (secondary N) is 1. The van der Waals surface area contributed by atoms with Gasteiger partial charge in [-0.3, -0.25) is 0 Å². The lowest BCUT2D eigenvalue weighted by Crippen LogP contribution is -2.49. The minimum absolute atomic E-state index is 0.0379. The Kier molecular flexibility index (Phi) is 5.71. The van der Waals surface area contributed by atoms with Crippen LogP contribution in [0.5, 0.6) is 0 Å². The molecule has 1 fully saturated rings. The number of amides is 2. The molecule has 2 rings (SSSR count). The Bertz CT molecular complexity index is 523. The van der Waals surface area contributed by atoms with Gasteiger partial charge in [-0.15, -0.1) is 0 Å². The number of halogens is 2. The summed E-state index contributed by atoms with van der Waals surface area (Å²) >= 11 is 0. The number of aliphatic hydroxyl groups is 1. The molecule has 2 N–H and O–H groups in total. The van der Waals surface area contributed by atoms with Crippen LogP contribution in [-0.4, -0.2) is 35.2 Å². The molecular formula is C16H22F2N2O2. The maximum atomic E-state index is 13.3. The van der Waals surface area contributed by atoms with Crippen molar-refractivity contribution in [2.75, 3.05) is 13.2 Å². The highest BCUT2D eigenvalue weighted by atomic mass is 19.2. The second kappa shape index (κ2) is 7.54. The Balaban J connectivity index is 2.01. The zero-order valence-corrected chi connectivity index (χ0v) is 12.7. The van der Waals surface area contributed by atoms with Crippen LogP contribution in [0.2, 0.25) is 0 Å². The fourth-order valence-electron chi connectivity index (χ4n) is 2.85. The van der Waals surface area contributed by atoms with Gasteiger partial charge in [0.1, 0.15) is 0 Å². The molecule has 0 bridgehead atoms. The van der Waals surface area contributed by atoms with Gasteiger partial charge in [0.2, 0.25) is 0 Å². The predicted octanol–water partition coefficient (Wildman–Crippen LogP) is 2.97. The number of aliphatic hydroxyl groups excluding tert-OH is 1. The molecule has 1 aliphatic heterocycles. The van der Waals surface area contributed by atoms with Gasteiger partial charge in [-0.1, -0.05) is 6.07 Å². The fraction of sp³-hybridized carbons (Fsp3) is 0.562. The van der Waals surface area contributed by atoms with E-state index in [1.165, 1.54) is 6.07 Å². The molecule has 122 valence electrons. The number of nitrogens with zero attached hydrogens (tertiary/aromatic N) is 1. The highest BCUT2D eigenvalue weighted by Crippen LogP contribution is 2.21. The molecule has 0 spiro atoms. The van der Waals surface area contributed by atoms with E-state index in [4.69, 9.17) is 5.11 Å². The quantitative estimate of drug-likeness (QED) is 0.898. The molecule has 1 heterocycles. The molecule has 4 nitrogen and oxygen atoms in total. The molecule has 1 aliphatic rings. The number of hydrogen-bond acceptors (Lipinski definition) is 2. The number of likely N-dealkylation sites (tertiary alicyclic amines) is 1. The van der Waals surface area contributed by atoms with Crippen molar-refractivity contribution < 1.29 is 18.7 Å². The molecule has 1 aromatic rings. The predicted molar refractivity (Wildman–Crippen MR) is 79.4 cm³/mol. The maximum Gasteiger partial charge on any atom is 0.318 e. The second-order valence-corrected chi connectivity index (χ2v) is 5.70. The molecular weight excluding hydrogens is 290 g/mol. The van der Waals surface area contributed by atoms with E-state index >= 15 is 0 Å². The zero-order valence-electron chi connectivity index (χ0n) is 12.7. The van der Waals surface area contributed by atoms with E-state index in [1.807, 2.05) is 0 Å². The zero-order chi connectivity index (χ0) is 16.1. The van der Waals surface area contributed by atoms with E-state index in [0.717, 1.165) is 31.4 Å². The van der Waals surface area contributed by atoms with E-state index in [0.29, 0.717) is 18.5 Å². The summed E-state index contributed by atoms with van der Waals surface area (Å²) in [7, 11) is 0. The van der Waals surface area contributed by atoms with Gasteiger partial charge in [0, 0.05) is 19.2 Å². The third-order valence-corrected chi connectivity index (χ3v) is 4.13. The lowest BCUT2D eigenvalue weighted by Gasteiger charge is -2.36. The largest absolute Gasteiger partial charge is 0.396 e. The highest BCUT2D eigenvalue weighted by Gasteiger charge is 2.27. The van der Waals surface area contributed by atoms with Gasteiger partial charge in [0.15, 0.2) is 11.6 Å². The summed E-state index contributed by atoms with van der Waals surface area (Å²) in [4.78, 5) is 14.1. The Morgan fingerprint density at radius 1 is 1.41 bits per heavy atom. The molecule has 6 heteroatoms. The molecule has 22 heavy (non-hydrogen) atoms. The van der Waals surface area contributed by atoms with Crippen molar-refractivity contribution in [3.8, 4) is 0 Å². The topological polar surface area (TPSA) is 52.6 Å². The van der Waals surface area contributed by atoms with Crippen LogP contribution in [-0.2, 0) is 0 Å². The number of carbonyl (C=O) groups excluding carboxylic acids is 1. The van der Waals surface area contributed by atoms with Crippen LogP contribution in [0.15, 0.2) is 18.2 Å². The van der Waals surface area contributed by atoms with Crippen molar-refractivity contribution >= 4 is 6.03 Å². The summed E-state index contributed by atoms with van der Waals surface area (Å²) < 4.78 is 26.2. The van der Waals surface area contributed by atoms with E-state index in [9.17, 15) is 13.6 Å². The van der Waals surface area contributed by atoms with Gasteiger partial charge in [0.25, 0.3) is 0 Å². The highest BCUT2D eigenvalue weighted by molar-refractivity contribution is 5.75. The molecule has 0 unspecified atom stereocenters. The summed E-state index contributed by atoms with van der Waals surface area (Å²) in [5, 5.41) is 11.9. The van der Waals surface area contributed by atoms with Crippen LogP contribution in [0, 0.1) is 11.6 Å². The number of carbonyl (C=O) groups is 1. The standard InChI is InChI=1S/C16H22F2N2O2/c1-11(12-5-6-14(17)15(18)10-12)19-16(22)20-8-3-2-4-13(20)7-9-21/h5-6,10-11,13,21H,2-4,7-9H2,1H3,(H,19,22)/t11-,13+/m1/s1. The molecule has 0 aliphatic carbocycles. The normalized spacial score (nSPS) is 19.8. The fourth-order valence-corrected chi connectivity index (χ4v) is 2.85. The number of piperidine rings is 1. The number of urea groups is 1. The second-order valence-electron chi connectivity index (χ2n) is 5.70. The molecule has 2 amide bonds. The number of rotatable bonds is 4. The van der Waals surface area contributed by atoms with Gasteiger partial charge in [-0.05, 0) is 50.3 Å². The van der Waals surface area contributed by atoms with Crippen LogP contribution >= 0.6 is 0 Å². The van der Waals surface area contributed by atoms with Crippen LogP contribution in [0.3, 0.4) is 0 Å². The van der Waals surface area contributed by atoms with Crippen LogP contribution in [0.4, 0.5) is 13.6 Å². The van der Waals surface area contributed by atoms with Gasteiger partial charge in [0.05, 0.1) is 6.04 Å². The molecule has 1 aromatic carbocycles. The van der Waals surface area contributed by atoms with Gasteiger partial charge in [-0.25, -0.2) is 13.6 Å². The third-order valence-electron chi connectivity index (χ3n) is 4.13. The molecule has 2 atom stereocenters. The van der Waals surface area contributed by atoms with Crippen molar-refractivity contribution in [1.29, 1.82) is 0 Å². The minimum atomic E-state index is -0.922. The summed E-state index contributed by atoms with van der Waals surface area (Å²) in [6.07, 6.45) is 3.43. The SMILES string of the molecule is C[C@@H](NC(=O)N1CCCC[C@H]1CCO)c1ccc(F)c(F)c1. The van der Waals surface area contributed by atoms with E-state index in [1.54, 1.807) is 11.8 Å². The first-order chi connectivity index (χ1) is 10.5. The molecule has 0 radical (unpaired) electrons. The lowest BCUT2D eigenvalue weighted by atomic mass is 10.00. The first-order valence-corrected chi connectivity index (χ1v) is 7.66. The Morgan fingerprint density at radius 3 is 2.86 bits per heavy atom. The van der Waals surface area contributed by atoms with Crippen molar-refractivity contribution in [2.24, 2.45) is 0 Å². The smallest absolute Gasteiger partial charge is 0.318 e. The van der Waals surface area contributed by atoms with Crippen molar-refractivity contribution in [1.82, 2.24) is 10.2 Å². The first-order valence-electron chi connectivity index (χ1n) is 7.66. The maximum absolute atomic E-state index is 13.3. The number of benzene rings is 1. The Labute approximate surface area is 129 Å². The van der Waals surface area contributed by atoms with Crippen LogP contribution < -0.4 is 5.32 Å². The van der Waals surface area contributed by atoms with Crippen molar-refractivity contribution in [3.05, 3.63) is 35.4 Å². The molecule has 1 saturated heterocycles. The van der Waals surface area contributed by atoms with Crippen LogP contribution in [0.25, 0.3) is 0 Å². The van der Waals surface area contributed by atoms with Crippen molar-refractivity contribution in [3.63, 3.8) is 0 Å². The van der Waals surface area contributed by atoms with Gasteiger partial charge in [-0.2, -0.15) is 0 Å². The van der Waals surface area contributed by atoms with E-state index in [2.05, 4.69) is 5.32 Å². The van der Waals surface area contributed by atoms with Gasteiger partial charge >= 0.3 is 6.03 Å². The first kappa shape index (κ1) is 16.7. The summed E-state index contributed by atoms with van der Waals surface area (Å²) in [5.41, 5.74) is 0.517. The lowest BCUT2D eigenvalue weighted by molar-refractivity contribution is 0.130. The molecule has 0 saturated carbocycles. The number of hydrogen-bond donors (Lipinski definition) is 2. The van der Waals surface area contributed by atoms with Crippen molar-refractivity contribution in [2.45, 2.75) is 44.7 Å². The average molecular weight is 312 g/mol. The molecule has 0 aromatic heterocycles. The van der Waals surface area contributed by atoms with E-state index < -0.39 is 17.7 Å².